The van der Waals surface area contributed by atoms with Crippen LogP contribution in [-0.4, -0.2) is 43.8 Å². The summed E-state index contributed by atoms with van der Waals surface area (Å²) in [5.41, 5.74) is 6.47. The van der Waals surface area contributed by atoms with Crippen molar-refractivity contribution in [3.05, 3.63) is 0 Å². The van der Waals surface area contributed by atoms with E-state index in [2.05, 4.69) is 11.8 Å². The van der Waals surface area contributed by atoms with Gasteiger partial charge in [0.05, 0.1) is 6.10 Å². The van der Waals surface area contributed by atoms with E-state index in [1.165, 1.54) is 58.0 Å². The minimum Gasteiger partial charge on any atom is -0.376 e. The lowest BCUT2D eigenvalue weighted by molar-refractivity contribution is 0.00940. The maximum atomic E-state index is 5.76. The Balaban J connectivity index is 1.75. The molecular formula is C15H30N2O. The van der Waals surface area contributed by atoms with Gasteiger partial charge in [0.15, 0.2) is 0 Å². The Morgan fingerprint density at radius 2 is 1.78 bits per heavy atom. The zero-order chi connectivity index (χ0) is 12.8. The second kappa shape index (κ2) is 6.88. The summed E-state index contributed by atoms with van der Waals surface area (Å²) in [6, 6.07) is 0. The Morgan fingerprint density at radius 3 is 2.33 bits per heavy atom. The average Bonchev–Trinajstić information content (AvgIpc) is 2.42. The smallest absolute Gasteiger partial charge is 0.0823 e. The van der Waals surface area contributed by atoms with Crippen molar-refractivity contribution >= 4 is 0 Å². The summed E-state index contributed by atoms with van der Waals surface area (Å²) >= 11 is 0. The molecule has 1 saturated heterocycles. The van der Waals surface area contributed by atoms with Crippen molar-refractivity contribution < 1.29 is 4.74 Å². The Hall–Kier alpha value is -0.120. The molecule has 1 saturated carbocycles. The van der Waals surface area contributed by atoms with Gasteiger partial charge in [-0.15, -0.1) is 0 Å². The number of nitrogens with two attached hydrogens (primary N) is 1. The largest absolute Gasteiger partial charge is 0.376 e. The molecule has 1 aliphatic heterocycles. The fraction of sp³-hybridized carbons (Fsp3) is 1.00. The predicted octanol–water partition coefficient (Wildman–Crippen LogP) is 2.40. The SMILES string of the molecule is CCOC(CN)CN1CCC2(CCCCC2)CC1. The molecule has 0 radical (unpaired) electrons. The average molecular weight is 254 g/mol. The van der Waals surface area contributed by atoms with Crippen molar-refractivity contribution in [1.29, 1.82) is 0 Å². The molecule has 18 heavy (non-hydrogen) atoms. The molecule has 0 bridgehead atoms. The highest BCUT2D eigenvalue weighted by Crippen LogP contribution is 2.44. The monoisotopic (exact) mass is 254 g/mol. The summed E-state index contributed by atoms with van der Waals surface area (Å²) in [5, 5.41) is 0. The van der Waals surface area contributed by atoms with E-state index in [4.69, 9.17) is 10.5 Å². The van der Waals surface area contributed by atoms with Crippen LogP contribution in [0, 0.1) is 5.41 Å². The molecule has 0 aromatic heterocycles. The molecule has 1 unspecified atom stereocenters. The molecule has 3 heteroatoms. The number of hydrogen-bond acceptors (Lipinski definition) is 3. The molecular weight excluding hydrogens is 224 g/mol. The van der Waals surface area contributed by atoms with Crippen LogP contribution in [0.25, 0.3) is 0 Å². The van der Waals surface area contributed by atoms with Crippen molar-refractivity contribution in [3.8, 4) is 0 Å². The third-order valence-electron chi connectivity index (χ3n) is 4.96. The molecule has 2 fully saturated rings. The number of nitrogens with zero attached hydrogens (tertiary/aromatic N) is 1. The van der Waals surface area contributed by atoms with Crippen LogP contribution < -0.4 is 5.73 Å². The second-order valence-corrected chi connectivity index (χ2v) is 6.17. The lowest BCUT2D eigenvalue weighted by atomic mass is 9.68. The standard InChI is InChI=1S/C15H30N2O/c1-2-18-14(12-16)13-17-10-8-15(9-11-17)6-4-3-5-7-15/h14H,2-13,16H2,1H3. The molecule has 1 spiro atoms. The number of likely N-dealkylation sites (tertiary alicyclic amines) is 1. The van der Waals surface area contributed by atoms with Gasteiger partial charge < -0.3 is 15.4 Å². The van der Waals surface area contributed by atoms with Crippen LogP contribution in [0.3, 0.4) is 0 Å². The van der Waals surface area contributed by atoms with E-state index in [1.54, 1.807) is 0 Å². The van der Waals surface area contributed by atoms with E-state index >= 15 is 0 Å². The maximum Gasteiger partial charge on any atom is 0.0823 e. The van der Waals surface area contributed by atoms with Crippen LogP contribution in [-0.2, 0) is 4.74 Å². The van der Waals surface area contributed by atoms with Crippen molar-refractivity contribution in [3.63, 3.8) is 0 Å². The van der Waals surface area contributed by atoms with E-state index in [0.717, 1.165) is 13.2 Å². The van der Waals surface area contributed by atoms with Gasteiger partial charge in [-0.1, -0.05) is 19.3 Å². The lowest BCUT2D eigenvalue weighted by Crippen LogP contribution is -2.45. The summed E-state index contributed by atoms with van der Waals surface area (Å²) in [5.74, 6) is 0. The summed E-state index contributed by atoms with van der Waals surface area (Å²) in [4.78, 5) is 2.56. The van der Waals surface area contributed by atoms with Gasteiger partial charge in [-0.25, -0.2) is 0 Å². The van der Waals surface area contributed by atoms with Crippen molar-refractivity contribution in [2.45, 2.75) is 58.0 Å². The first kappa shape index (κ1) is 14.3. The van der Waals surface area contributed by atoms with Crippen molar-refractivity contribution in [1.82, 2.24) is 4.90 Å². The zero-order valence-electron chi connectivity index (χ0n) is 12.0. The van der Waals surface area contributed by atoms with Gasteiger partial charge in [-0.2, -0.15) is 0 Å². The van der Waals surface area contributed by atoms with Gasteiger partial charge in [0.2, 0.25) is 0 Å². The van der Waals surface area contributed by atoms with E-state index in [9.17, 15) is 0 Å². The highest BCUT2D eigenvalue weighted by molar-refractivity contribution is 4.88. The van der Waals surface area contributed by atoms with Crippen LogP contribution in [0.5, 0.6) is 0 Å². The van der Waals surface area contributed by atoms with E-state index in [1.807, 2.05) is 0 Å². The predicted molar refractivity (Wildman–Crippen MR) is 75.7 cm³/mol. The molecule has 0 amide bonds. The van der Waals surface area contributed by atoms with Gasteiger partial charge in [0.25, 0.3) is 0 Å². The Morgan fingerprint density at radius 1 is 1.11 bits per heavy atom. The zero-order valence-corrected chi connectivity index (χ0v) is 12.0. The number of piperidine rings is 1. The quantitative estimate of drug-likeness (QED) is 0.819. The highest BCUT2D eigenvalue weighted by Gasteiger charge is 2.35. The molecule has 1 aliphatic carbocycles. The number of rotatable bonds is 5. The van der Waals surface area contributed by atoms with Crippen LogP contribution in [0.4, 0.5) is 0 Å². The fourth-order valence-electron chi connectivity index (χ4n) is 3.73. The number of ether oxygens (including phenoxy) is 1. The second-order valence-electron chi connectivity index (χ2n) is 6.17. The fourth-order valence-corrected chi connectivity index (χ4v) is 3.73. The van der Waals surface area contributed by atoms with Gasteiger partial charge in [0, 0.05) is 19.7 Å². The minimum atomic E-state index is 0.232. The van der Waals surface area contributed by atoms with Gasteiger partial charge in [0.1, 0.15) is 0 Å². The third kappa shape index (κ3) is 3.69. The number of hydrogen-bond donors (Lipinski definition) is 1. The van der Waals surface area contributed by atoms with Crippen molar-refractivity contribution in [2.75, 3.05) is 32.8 Å². The van der Waals surface area contributed by atoms with Crippen molar-refractivity contribution in [2.24, 2.45) is 11.1 Å². The minimum absolute atomic E-state index is 0.232. The highest BCUT2D eigenvalue weighted by atomic mass is 16.5. The van der Waals surface area contributed by atoms with Gasteiger partial charge in [-0.05, 0) is 51.1 Å². The molecule has 3 nitrogen and oxygen atoms in total. The maximum absolute atomic E-state index is 5.76. The Labute approximate surface area is 112 Å². The summed E-state index contributed by atoms with van der Waals surface area (Å²) in [6.07, 6.45) is 10.4. The molecule has 0 aromatic rings. The van der Waals surface area contributed by atoms with E-state index < -0.39 is 0 Å². The topological polar surface area (TPSA) is 38.5 Å². The molecule has 1 atom stereocenters. The first-order valence-electron chi connectivity index (χ1n) is 7.82. The summed E-state index contributed by atoms with van der Waals surface area (Å²) in [6.45, 7) is 7.01. The first-order valence-corrected chi connectivity index (χ1v) is 7.82. The molecule has 2 rings (SSSR count). The third-order valence-corrected chi connectivity index (χ3v) is 4.96. The molecule has 106 valence electrons. The molecule has 2 N–H and O–H groups in total. The first-order chi connectivity index (χ1) is 8.78. The van der Waals surface area contributed by atoms with Crippen LogP contribution in [0.2, 0.25) is 0 Å². The molecule has 1 heterocycles. The Bertz CT molecular complexity index is 229. The Kier molecular flexibility index (Phi) is 5.46. The molecule has 2 aliphatic rings. The van der Waals surface area contributed by atoms with Crippen LogP contribution in [0.1, 0.15) is 51.9 Å². The molecule has 0 aromatic carbocycles. The van der Waals surface area contributed by atoms with Crippen LogP contribution >= 0.6 is 0 Å². The van der Waals surface area contributed by atoms with Gasteiger partial charge in [-0.3, -0.25) is 0 Å². The summed E-state index contributed by atoms with van der Waals surface area (Å²) in [7, 11) is 0. The normalized spacial score (nSPS) is 26.3. The van der Waals surface area contributed by atoms with Gasteiger partial charge >= 0.3 is 0 Å². The van der Waals surface area contributed by atoms with E-state index in [0.29, 0.717) is 12.0 Å². The lowest BCUT2D eigenvalue weighted by Gasteiger charge is -2.44. The van der Waals surface area contributed by atoms with Crippen LogP contribution in [0.15, 0.2) is 0 Å². The van der Waals surface area contributed by atoms with E-state index in [-0.39, 0.29) is 6.10 Å². The summed E-state index contributed by atoms with van der Waals surface area (Å²) < 4.78 is 5.66.